The van der Waals surface area contributed by atoms with Crippen molar-refractivity contribution in [3.63, 3.8) is 0 Å². The summed E-state index contributed by atoms with van der Waals surface area (Å²) in [7, 11) is 1.32. The molecule has 1 atom stereocenters. The number of nitrogens with zero attached hydrogens (tertiary/aromatic N) is 1. The molecule has 0 bridgehead atoms. The van der Waals surface area contributed by atoms with Gasteiger partial charge in [-0.3, -0.25) is 0 Å². The van der Waals surface area contributed by atoms with Gasteiger partial charge in [-0.1, -0.05) is 23.4 Å². The van der Waals surface area contributed by atoms with Crippen molar-refractivity contribution in [3.8, 4) is 11.1 Å². The van der Waals surface area contributed by atoms with Crippen LogP contribution in [0.4, 0.5) is 14.5 Å². The normalized spacial score (nSPS) is 19.5. The summed E-state index contributed by atoms with van der Waals surface area (Å²) < 4.78 is 30.8. The van der Waals surface area contributed by atoms with Gasteiger partial charge in [0.25, 0.3) is 0 Å². The maximum Gasteiger partial charge on any atom is 0.145 e. The second-order valence-electron chi connectivity index (χ2n) is 7.58. The van der Waals surface area contributed by atoms with E-state index in [0.717, 1.165) is 10.9 Å². The summed E-state index contributed by atoms with van der Waals surface area (Å²) in [5, 5.41) is 18.4. The van der Waals surface area contributed by atoms with E-state index in [2.05, 4.69) is 15.5 Å². The van der Waals surface area contributed by atoms with Gasteiger partial charge in [-0.05, 0) is 32.4 Å². The van der Waals surface area contributed by atoms with E-state index >= 15 is 8.78 Å². The summed E-state index contributed by atoms with van der Waals surface area (Å²) in [5.74, 6) is -1.50. The number of halogens is 2. The van der Waals surface area contributed by atoms with E-state index in [1.807, 2.05) is 13.0 Å². The van der Waals surface area contributed by atoms with Gasteiger partial charge in [-0.25, -0.2) is 8.78 Å². The Morgan fingerprint density at radius 3 is 2.68 bits per heavy atom. The van der Waals surface area contributed by atoms with Crippen LogP contribution in [0, 0.1) is 18.6 Å². The number of para-hydroxylation sites is 1. The van der Waals surface area contributed by atoms with E-state index in [1.54, 1.807) is 32.2 Å². The summed E-state index contributed by atoms with van der Waals surface area (Å²) in [6, 6.07) is 6.55. The third-order valence-corrected chi connectivity index (χ3v) is 5.26. The van der Waals surface area contributed by atoms with Crippen LogP contribution in [0.2, 0.25) is 0 Å². The van der Waals surface area contributed by atoms with Gasteiger partial charge < -0.3 is 20.2 Å². The van der Waals surface area contributed by atoms with E-state index in [9.17, 15) is 5.11 Å². The van der Waals surface area contributed by atoms with Gasteiger partial charge >= 0.3 is 0 Å². The van der Waals surface area contributed by atoms with Crippen molar-refractivity contribution in [1.82, 2.24) is 4.98 Å². The van der Waals surface area contributed by atoms with E-state index in [-0.39, 0.29) is 22.5 Å². The first kappa shape index (κ1) is 18.4. The summed E-state index contributed by atoms with van der Waals surface area (Å²) in [5.41, 5.74) is 1.23. The van der Waals surface area contributed by atoms with Crippen LogP contribution in [0.15, 0.2) is 35.6 Å². The highest BCUT2D eigenvalue weighted by Gasteiger charge is 2.41. The maximum absolute atomic E-state index is 15.7. The fourth-order valence-corrected chi connectivity index (χ4v) is 3.81. The summed E-state index contributed by atoms with van der Waals surface area (Å²) in [6.45, 7) is 5.36. The number of aromatic nitrogens is 1. The highest BCUT2D eigenvalue weighted by molar-refractivity contribution is 6.12. The van der Waals surface area contributed by atoms with Crippen LogP contribution in [0.3, 0.4) is 0 Å². The molecule has 2 heterocycles. The number of oxime groups is 1. The van der Waals surface area contributed by atoms with Crippen molar-refractivity contribution in [3.05, 3.63) is 53.2 Å². The van der Waals surface area contributed by atoms with Gasteiger partial charge in [0.2, 0.25) is 0 Å². The minimum absolute atomic E-state index is 0.00496. The Morgan fingerprint density at radius 2 is 1.96 bits per heavy atom. The second-order valence-corrected chi connectivity index (χ2v) is 7.58. The minimum Gasteiger partial charge on any atom is -0.399 e. The smallest absolute Gasteiger partial charge is 0.145 e. The van der Waals surface area contributed by atoms with E-state index in [1.165, 1.54) is 13.2 Å². The van der Waals surface area contributed by atoms with Crippen LogP contribution >= 0.6 is 0 Å². The number of fused-ring (bicyclic) bond motifs is 2. The lowest BCUT2D eigenvalue weighted by Gasteiger charge is -2.39. The molecular formula is C21H21F2N3O2. The number of aliphatic hydroxyl groups excluding tert-OH is 1. The number of aromatic amines is 1. The molecule has 0 fully saturated rings. The molecule has 2 aromatic carbocycles. The molecule has 3 N–H and O–H groups in total. The van der Waals surface area contributed by atoms with Crippen molar-refractivity contribution in [1.29, 1.82) is 0 Å². The first-order valence-corrected chi connectivity index (χ1v) is 8.93. The fraction of sp³-hybridized carbons (Fsp3) is 0.286. The molecule has 146 valence electrons. The molecular weight excluding hydrogens is 364 g/mol. The number of hydrogen-bond donors (Lipinski definition) is 3. The monoisotopic (exact) mass is 385 g/mol. The van der Waals surface area contributed by atoms with E-state index in [4.69, 9.17) is 4.84 Å². The van der Waals surface area contributed by atoms with Gasteiger partial charge in [-0.2, -0.15) is 0 Å². The third-order valence-electron chi connectivity index (χ3n) is 5.26. The zero-order chi connectivity index (χ0) is 20.2. The van der Waals surface area contributed by atoms with Crippen LogP contribution in [-0.4, -0.2) is 34.6 Å². The zero-order valence-electron chi connectivity index (χ0n) is 16.0. The molecule has 0 amide bonds. The number of hydrogen-bond acceptors (Lipinski definition) is 4. The fourth-order valence-electron chi connectivity index (χ4n) is 3.81. The molecule has 4 rings (SSSR count). The number of aryl methyl sites for hydroxylation is 1. The lowest BCUT2D eigenvalue weighted by atomic mass is 9.83. The van der Waals surface area contributed by atoms with Gasteiger partial charge in [0.15, 0.2) is 0 Å². The zero-order valence-corrected chi connectivity index (χ0v) is 16.0. The Labute approximate surface area is 161 Å². The molecule has 1 unspecified atom stereocenters. The molecule has 0 aliphatic carbocycles. The molecule has 5 nitrogen and oxygen atoms in total. The standard InChI is InChI=1S/C21H21F2N3O2/c1-10-9-24-18-11(10)6-5-7-12(18)15-13(22)8-14-16(17(15)23)19(26-28-4)20(27)21(2,3)25-14/h5-9,20,24-25,27H,1-4H3/b26-19+. The van der Waals surface area contributed by atoms with Crippen molar-refractivity contribution in [2.24, 2.45) is 5.16 Å². The molecule has 0 radical (unpaired) electrons. The Kier molecular flexibility index (Phi) is 4.15. The maximum atomic E-state index is 15.7. The molecule has 0 saturated heterocycles. The van der Waals surface area contributed by atoms with E-state index < -0.39 is 23.3 Å². The van der Waals surface area contributed by atoms with Crippen LogP contribution in [0.1, 0.15) is 25.0 Å². The number of rotatable bonds is 2. The number of aliphatic hydroxyl groups is 1. The Hall–Kier alpha value is -2.93. The highest BCUT2D eigenvalue weighted by atomic mass is 19.1. The van der Waals surface area contributed by atoms with Gasteiger partial charge in [0, 0.05) is 22.8 Å². The summed E-state index contributed by atoms with van der Waals surface area (Å²) in [6.07, 6.45) is 0.657. The quantitative estimate of drug-likeness (QED) is 0.575. The highest BCUT2D eigenvalue weighted by Crippen LogP contribution is 2.40. The van der Waals surface area contributed by atoms with Crippen LogP contribution in [0.5, 0.6) is 0 Å². The molecule has 0 spiro atoms. The number of benzene rings is 2. The molecule has 1 aliphatic rings. The van der Waals surface area contributed by atoms with Crippen molar-refractivity contribution < 1.29 is 18.7 Å². The van der Waals surface area contributed by atoms with Crippen LogP contribution in [0.25, 0.3) is 22.0 Å². The van der Waals surface area contributed by atoms with Crippen LogP contribution in [-0.2, 0) is 4.84 Å². The average molecular weight is 385 g/mol. The van der Waals surface area contributed by atoms with Crippen molar-refractivity contribution in [2.75, 3.05) is 12.4 Å². The summed E-state index contributed by atoms with van der Waals surface area (Å²) in [4.78, 5) is 7.93. The van der Waals surface area contributed by atoms with E-state index in [0.29, 0.717) is 11.1 Å². The second kappa shape index (κ2) is 6.31. The number of nitrogens with one attached hydrogen (secondary N) is 2. The number of anilines is 1. The lowest BCUT2D eigenvalue weighted by molar-refractivity contribution is 0.159. The third kappa shape index (κ3) is 2.57. The number of H-pyrrole nitrogens is 1. The first-order chi connectivity index (χ1) is 13.3. The SMILES string of the molecule is CO/N=C1\c2c(cc(F)c(-c3cccc4c(C)c[nH]c34)c2F)NC(C)(C)C1O. The molecule has 1 aromatic heterocycles. The van der Waals surface area contributed by atoms with Crippen molar-refractivity contribution in [2.45, 2.75) is 32.4 Å². The average Bonchev–Trinajstić information content (AvgIpc) is 3.01. The largest absolute Gasteiger partial charge is 0.399 e. The molecule has 1 aliphatic heterocycles. The molecule has 0 saturated carbocycles. The molecule has 28 heavy (non-hydrogen) atoms. The topological polar surface area (TPSA) is 69.6 Å². The first-order valence-electron chi connectivity index (χ1n) is 8.93. The Balaban J connectivity index is 2.04. The van der Waals surface area contributed by atoms with Crippen molar-refractivity contribution >= 4 is 22.3 Å². The molecule has 7 heteroatoms. The predicted octanol–water partition coefficient (Wildman–Crippen LogP) is 4.34. The summed E-state index contributed by atoms with van der Waals surface area (Å²) >= 11 is 0. The lowest BCUT2D eigenvalue weighted by Crippen LogP contribution is -2.52. The predicted molar refractivity (Wildman–Crippen MR) is 106 cm³/mol. The Morgan fingerprint density at radius 1 is 1.21 bits per heavy atom. The Bertz CT molecular complexity index is 1120. The van der Waals surface area contributed by atoms with Gasteiger partial charge in [-0.15, -0.1) is 0 Å². The van der Waals surface area contributed by atoms with Crippen LogP contribution < -0.4 is 5.32 Å². The van der Waals surface area contributed by atoms with Gasteiger partial charge in [0.1, 0.15) is 30.6 Å². The molecule has 3 aromatic rings. The van der Waals surface area contributed by atoms with Gasteiger partial charge in [0.05, 0.1) is 22.2 Å². The minimum atomic E-state index is -1.14.